The third-order valence-corrected chi connectivity index (χ3v) is 15.0. The molecule has 0 N–H and O–H groups in total. The summed E-state index contributed by atoms with van der Waals surface area (Å²) < 4.78 is 7.65. The summed E-state index contributed by atoms with van der Waals surface area (Å²) in [6.07, 6.45) is 4.32. The van der Waals surface area contributed by atoms with Crippen LogP contribution in [0.1, 0.15) is 77.7 Å². The largest absolute Gasteiger partial charge is 0.430 e. The average molecular weight is 520 g/mol. The van der Waals surface area contributed by atoms with Crippen LogP contribution < -0.4 is 0 Å². The molecule has 1 aliphatic heterocycles. The predicted molar refractivity (Wildman–Crippen MR) is 146 cm³/mol. The minimum atomic E-state index is -2.02. The van der Waals surface area contributed by atoms with Crippen LogP contribution in [0.25, 0.3) is 11.0 Å². The first kappa shape index (κ1) is 27.7. The summed E-state index contributed by atoms with van der Waals surface area (Å²) in [6.45, 7) is 20.6. The van der Waals surface area contributed by atoms with E-state index in [0.29, 0.717) is 29.7 Å². The summed E-state index contributed by atoms with van der Waals surface area (Å²) in [6, 6.07) is 2.09. The SMILES string of the molecule is Cc1cnc2c(ccn2[Si](C(C)C)(C(C)C)C(C)C)c1C(=O)C1CN(C(=O)OC(C)Cl)CC[C@@H]1C. The third-order valence-electron chi connectivity index (χ3n) is 8.16. The fraction of sp³-hybridized carbons (Fsp3) is 0.667. The zero-order chi connectivity index (χ0) is 26.2. The Labute approximate surface area is 216 Å². The molecular formula is C27H42ClN3O3Si. The molecule has 1 fully saturated rings. The molecule has 194 valence electrons. The van der Waals surface area contributed by atoms with Gasteiger partial charge in [0, 0.05) is 36.2 Å². The van der Waals surface area contributed by atoms with Crippen LogP contribution in [0.4, 0.5) is 4.79 Å². The van der Waals surface area contributed by atoms with Gasteiger partial charge < -0.3 is 13.9 Å². The van der Waals surface area contributed by atoms with E-state index in [-0.39, 0.29) is 17.6 Å². The van der Waals surface area contributed by atoms with Crippen molar-refractivity contribution in [3.63, 3.8) is 0 Å². The van der Waals surface area contributed by atoms with E-state index >= 15 is 0 Å². The number of Topliss-reactive ketones (excluding diaryl/α,β-unsaturated/α-hetero) is 1. The number of carbonyl (C=O) groups is 2. The van der Waals surface area contributed by atoms with Crippen LogP contribution in [0.2, 0.25) is 16.6 Å². The third kappa shape index (κ3) is 4.91. The molecule has 6 nitrogen and oxygen atoms in total. The van der Waals surface area contributed by atoms with Crippen LogP contribution in [0, 0.1) is 18.8 Å². The Bertz CT molecular complexity index is 1060. The highest BCUT2D eigenvalue weighted by molar-refractivity contribution is 6.82. The number of pyridine rings is 1. The second-order valence-corrected chi connectivity index (χ2v) is 17.5. The number of aryl methyl sites for hydroxylation is 1. The Morgan fingerprint density at radius 3 is 2.26 bits per heavy atom. The molecule has 35 heavy (non-hydrogen) atoms. The molecule has 8 heteroatoms. The van der Waals surface area contributed by atoms with E-state index in [1.165, 1.54) is 0 Å². The molecule has 0 radical (unpaired) electrons. The van der Waals surface area contributed by atoms with Gasteiger partial charge in [-0.25, -0.2) is 9.78 Å². The van der Waals surface area contributed by atoms with Crippen LogP contribution in [-0.4, -0.2) is 52.9 Å². The number of hydrogen-bond acceptors (Lipinski definition) is 4. The summed E-state index contributed by atoms with van der Waals surface area (Å²) in [4.78, 5) is 33.1. The van der Waals surface area contributed by atoms with Gasteiger partial charge in [-0.05, 0) is 60.6 Å². The molecule has 3 heterocycles. The standard InChI is InChI=1S/C27H42ClN3O3Si/c1-16(2)35(17(3)4,18(5)6)31-13-11-22-24(20(8)14-29-26(22)31)25(32)23-15-30(12-10-19(23)7)27(33)34-21(9)28/h11,13-14,16-19,21,23H,10,12,15H2,1-9H3/t19-,21?,23?/m0/s1. The van der Waals surface area contributed by atoms with E-state index in [1.54, 1.807) is 11.8 Å². The number of aromatic nitrogens is 2. The normalized spacial score (nSPS) is 20.2. The lowest BCUT2D eigenvalue weighted by molar-refractivity contribution is 0.0580. The Morgan fingerprint density at radius 2 is 1.71 bits per heavy atom. The molecule has 3 atom stereocenters. The second kappa shape index (κ2) is 10.6. The van der Waals surface area contributed by atoms with E-state index in [2.05, 4.69) is 65.0 Å². The van der Waals surface area contributed by atoms with Gasteiger partial charge in [0.05, 0.1) is 0 Å². The number of likely N-dealkylation sites (tertiary alicyclic amines) is 1. The number of carbonyl (C=O) groups excluding carboxylic acids is 2. The molecule has 0 spiro atoms. The zero-order valence-corrected chi connectivity index (χ0v) is 24.5. The van der Waals surface area contributed by atoms with E-state index in [4.69, 9.17) is 21.3 Å². The molecule has 3 rings (SSSR count). The van der Waals surface area contributed by atoms with Gasteiger partial charge in [0.1, 0.15) is 5.65 Å². The first-order valence-electron chi connectivity index (χ1n) is 12.9. The van der Waals surface area contributed by atoms with Gasteiger partial charge in [-0.1, -0.05) is 60.1 Å². The smallest absolute Gasteiger partial charge is 0.411 e. The highest BCUT2D eigenvalue weighted by Crippen LogP contribution is 2.44. The molecule has 0 bridgehead atoms. The number of rotatable bonds is 7. The van der Waals surface area contributed by atoms with Gasteiger partial charge in [-0.3, -0.25) is 4.79 Å². The first-order chi connectivity index (χ1) is 16.3. The Balaban J connectivity index is 2.08. The Kier molecular flexibility index (Phi) is 8.42. The van der Waals surface area contributed by atoms with Gasteiger partial charge in [0.2, 0.25) is 0 Å². The summed E-state index contributed by atoms with van der Waals surface area (Å²) >= 11 is 5.86. The molecular weight excluding hydrogens is 478 g/mol. The summed E-state index contributed by atoms with van der Waals surface area (Å²) in [5, 5.41) is 0.926. The number of piperidine rings is 1. The van der Waals surface area contributed by atoms with Crippen LogP contribution >= 0.6 is 11.6 Å². The van der Waals surface area contributed by atoms with Crippen molar-refractivity contribution in [2.24, 2.45) is 11.8 Å². The van der Waals surface area contributed by atoms with Crippen molar-refractivity contribution >= 4 is 42.7 Å². The predicted octanol–water partition coefficient (Wildman–Crippen LogP) is 7.23. The lowest BCUT2D eigenvalue weighted by Crippen LogP contribution is -2.51. The number of nitrogens with zero attached hydrogens (tertiary/aromatic N) is 3. The number of ether oxygens (including phenoxy) is 1. The Morgan fingerprint density at radius 1 is 1.11 bits per heavy atom. The van der Waals surface area contributed by atoms with E-state index in [0.717, 1.165) is 28.6 Å². The minimum Gasteiger partial charge on any atom is -0.430 e. The van der Waals surface area contributed by atoms with Crippen molar-refractivity contribution in [3.05, 3.63) is 29.6 Å². The quantitative estimate of drug-likeness (QED) is 0.220. The molecule has 1 amide bonds. The number of amides is 1. The van der Waals surface area contributed by atoms with Crippen LogP contribution in [0.15, 0.2) is 18.5 Å². The highest BCUT2D eigenvalue weighted by Gasteiger charge is 2.46. The van der Waals surface area contributed by atoms with E-state index in [9.17, 15) is 9.59 Å². The second-order valence-electron chi connectivity index (χ2n) is 11.2. The van der Waals surface area contributed by atoms with Gasteiger partial charge in [-0.2, -0.15) is 0 Å². The Hall–Kier alpha value is -1.86. The summed E-state index contributed by atoms with van der Waals surface area (Å²) in [7, 11) is -2.02. The maximum atomic E-state index is 14.1. The number of ketones is 1. The van der Waals surface area contributed by atoms with Crippen molar-refractivity contribution in [1.82, 2.24) is 14.1 Å². The lowest BCUT2D eigenvalue weighted by atomic mass is 9.80. The van der Waals surface area contributed by atoms with Crippen molar-refractivity contribution in [2.75, 3.05) is 13.1 Å². The van der Waals surface area contributed by atoms with Gasteiger partial charge in [-0.15, -0.1) is 0 Å². The van der Waals surface area contributed by atoms with E-state index < -0.39 is 19.9 Å². The summed E-state index contributed by atoms with van der Waals surface area (Å²) in [5.74, 6) is -0.0421. The van der Waals surface area contributed by atoms with Gasteiger partial charge in [0.25, 0.3) is 0 Å². The fourth-order valence-electron chi connectivity index (χ4n) is 6.64. The van der Waals surface area contributed by atoms with Crippen molar-refractivity contribution in [2.45, 2.75) is 90.9 Å². The minimum absolute atomic E-state index is 0.0856. The number of fused-ring (bicyclic) bond motifs is 1. The molecule has 2 unspecified atom stereocenters. The molecule has 0 aromatic carbocycles. The van der Waals surface area contributed by atoms with Crippen molar-refractivity contribution < 1.29 is 14.3 Å². The highest BCUT2D eigenvalue weighted by atomic mass is 35.5. The van der Waals surface area contributed by atoms with E-state index in [1.807, 2.05) is 13.1 Å². The van der Waals surface area contributed by atoms with Gasteiger partial charge in [0.15, 0.2) is 19.6 Å². The molecule has 2 aromatic rings. The summed E-state index contributed by atoms with van der Waals surface area (Å²) in [5.41, 5.74) is 3.38. The monoisotopic (exact) mass is 519 g/mol. The zero-order valence-electron chi connectivity index (χ0n) is 22.8. The number of halogens is 1. The van der Waals surface area contributed by atoms with Crippen LogP contribution in [-0.2, 0) is 4.74 Å². The van der Waals surface area contributed by atoms with Crippen LogP contribution in [0.5, 0.6) is 0 Å². The van der Waals surface area contributed by atoms with Gasteiger partial charge >= 0.3 is 6.09 Å². The molecule has 0 saturated carbocycles. The fourth-order valence-corrected chi connectivity index (χ4v) is 13.3. The molecule has 1 saturated heterocycles. The number of alkyl halides is 1. The molecule has 2 aromatic heterocycles. The molecule has 0 aliphatic carbocycles. The van der Waals surface area contributed by atoms with Crippen molar-refractivity contribution in [3.8, 4) is 0 Å². The maximum Gasteiger partial charge on any atom is 0.411 e. The lowest BCUT2D eigenvalue weighted by Gasteiger charge is -2.44. The average Bonchev–Trinajstić information content (AvgIpc) is 3.16. The number of hydrogen-bond donors (Lipinski definition) is 0. The van der Waals surface area contributed by atoms with Crippen molar-refractivity contribution in [1.29, 1.82) is 0 Å². The topological polar surface area (TPSA) is 64.4 Å². The molecule has 1 aliphatic rings. The maximum absolute atomic E-state index is 14.1. The first-order valence-corrected chi connectivity index (χ1v) is 15.6. The van der Waals surface area contributed by atoms with Crippen LogP contribution in [0.3, 0.4) is 0 Å².